The molecule has 0 saturated carbocycles. The van der Waals surface area contributed by atoms with Crippen molar-refractivity contribution in [2.24, 2.45) is 0 Å². The second-order valence-electron chi connectivity index (χ2n) is 10.8. The fourth-order valence-corrected chi connectivity index (χ4v) is 5.37. The second-order valence-corrected chi connectivity index (χ2v) is 10.8. The van der Waals surface area contributed by atoms with Gasteiger partial charge in [-0.25, -0.2) is 4.98 Å². The smallest absolute Gasteiger partial charge is 0.323 e. The monoisotopic (exact) mass is 582 g/mol. The first-order chi connectivity index (χ1) is 20.2. The summed E-state index contributed by atoms with van der Waals surface area (Å²) in [4.78, 5) is 50.4. The minimum atomic E-state index is -0.403. The molecule has 1 fully saturated rings. The lowest BCUT2D eigenvalue weighted by atomic mass is 10.1. The summed E-state index contributed by atoms with van der Waals surface area (Å²) in [6.45, 7) is 6.58. The number of hydrogen-bond donors (Lipinski definition) is 2. The SMILES string of the molecule is CCCCCNc1nc(N)nc(C)c1CCCN(Cc1cccc(CC(=O)OC)c1)C(=O)CN1CCC[C@@H]1C(=O)OC. The molecule has 1 aliphatic rings. The molecule has 1 atom stereocenters. The minimum Gasteiger partial charge on any atom is -0.469 e. The Morgan fingerprint density at radius 2 is 1.90 bits per heavy atom. The molecule has 42 heavy (non-hydrogen) atoms. The molecule has 1 aromatic carbocycles. The van der Waals surface area contributed by atoms with E-state index in [0.717, 1.165) is 60.4 Å². The molecule has 0 bridgehead atoms. The van der Waals surface area contributed by atoms with E-state index in [1.54, 1.807) is 0 Å². The van der Waals surface area contributed by atoms with Crippen LogP contribution in [0.5, 0.6) is 0 Å². The number of rotatable bonds is 16. The van der Waals surface area contributed by atoms with Crippen LogP contribution in [0.4, 0.5) is 11.8 Å². The molecule has 1 saturated heterocycles. The van der Waals surface area contributed by atoms with Crippen LogP contribution in [0.25, 0.3) is 0 Å². The number of anilines is 2. The molecular weight excluding hydrogens is 536 g/mol. The number of carbonyl (C=O) groups is 3. The lowest BCUT2D eigenvalue weighted by molar-refractivity contribution is -0.147. The summed E-state index contributed by atoms with van der Waals surface area (Å²) >= 11 is 0. The molecule has 2 heterocycles. The zero-order chi connectivity index (χ0) is 30.5. The van der Waals surface area contributed by atoms with Crippen molar-refractivity contribution >= 4 is 29.6 Å². The molecule has 0 unspecified atom stereocenters. The fourth-order valence-electron chi connectivity index (χ4n) is 5.37. The van der Waals surface area contributed by atoms with Crippen LogP contribution in [0.1, 0.15) is 67.8 Å². The quantitative estimate of drug-likeness (QED) is 0.224. The van der Waals surface area contributed by atoms with Gasteiger partial charge in [-0.05, 0) is 56.7 Å². The predicted octanol–water partition coefficient (Wildman–Crippen LogP) is 3.28. The van der Waals surface area contributed by atoms with Crippen LogP contribution < -0.4 is 11.1 Å². The van der Waals surface area contributed by atoms with Crippen LogP contribution in [0.3, 0.4) is 0 Å². The number of aryl methyl sites for hydroxylation is 1. The van der Waals surface area contributed by atoms with Gasteiger partial charge in [0.2, 0.25) is 11.9 Å². The first kappa shape index (κ1) is 32.8. The van der Waals surface area contributed by atoms with Crippen LogP contribution in [0.2, 0.25) is 0 Å². The third-order valence-electron chi connectivity index (χ3n) is 7.63. The number of amides is 1. The Kier molecular flexibility index (Phi) is 13.0. The molecule has 3 rings (SSSR count). The van der Waals surface area contributed by atoms with Crippen molar-refractivity contribution in [3.8, 4) is 0 Å². The number of unbranched alkanes of at least 4 members (excludes halogenated alkanes) is 2. The van der Waals surface area contributed by atoms with Gasteiger partial charge in [-0.2, -0.15) is 4.98 Å². The van der Waals surface area contributed by atoms with Gasteiger partial charge < -0.3 is 25.4 Å². The number of carbonyl (C=O) groups excluding carboxylic acids is 3. The van der Waals surface area contributed by atoms with Gasteiger partial charge in [0.15, 0.2) is 0 Å². The number of nitrogens with one attached hydrogen (secondary N) is 1. The summed E-state index contributed by atoms with van der Waals surface area (Å²) in [5.74, 6) is 0.307. The molecule has 1 aromatic heterocycles. The Balaban J connectivity index is 1.75. The average Bonchev–Trinajstić information content (AvgIpc) is 3.43. The van der Waals surface area contributed by atoms with E-state index >= 15 is 0 Å². The molecule has 0 aliphatic carbocycles. The van der Waals surface area contributed by atoms with Gasteiger partial charge >= 0.3 is 11.9 Å². The lowest BCUT2D eigenvalue weighted by Gasteiger charge is -2.28. The molecule has 11 heteroatoms. The van der Waals surface area contributed by atoms with Gasteiger partial charge in [-0.1, -0.05) is 44.0 Å². The van der Waals surface area contributed by atoms with Crippen LogP contribution in [-0.4, -0.2) is 84.1 Å². The summed E-state index contributed by atoms with van der Waals surface area (Å²) in [6, 6.07) is 7.23. The number of aromatic nitrogens is 2. The van der Waals surface area contributed by atoms with Crippen LogP contribution in [0, 0.1) is 6.92 Å². The average molecular weight is 583 g/mol. The number of ether oxygens (including phenoxy) is 2. The Morgan fingerprint density at radius 3 is 2.64 bits per heavy atom. The topological polar surface area (TPSA) is 140 Å². The highest BCUT2D eigenvalue weighted by Crippen LogP contribution is 2.22. The van der Waals surface area contributed by atoms with E-state index in [2.05, 4.69) is 22.2 Å². The maximum Gasteiger partial charge on any atom is 0.323 e. The largest absolute Gasteiger partial charge is 0.469 e. The fraction of sp³-hybridized carbons (Fsp3) is 0.581. The first-order valence-electron chi connectivity index (χ1n) is 14.9. The van der Waals surface area contributed by atoms with Gasteiger partial charge in [0.1, 0.15) is 11.9 Å². The molecule has 230 valence electrons. The minimum absolute atomic E-state index is 0.0626. The number of benzene rings is 1. The Hall–Kier alpha value is -3.73. The Morgan fingerprint density at radius 1 is 1.12 bits per heavy atom. The van der Waals surface area contributed by atoms with E-state index < -0.39 is 6.04 Å². The van der Waals surface area contributed by atoms with Crippen molar-refractivity contribution in [2.75, 3.05) is 51.4 Å². The maximum atomic E-state index is 13.7. The molecule has 2 aromatic rings. The molecular formula is C31H46N6O5. The van der Waals surface area contributed by atoms with Crippen LogP contribution >= 0.6 is 0 Å². The van der Waals surface area contributed by atoms with Crippen molar-refractivity contribution in [1.29, 1.82) is 0 Å². The normalized spacial score (nSPS) is 14.9. The highest BCUT2D eigenvalue weighted by molar-refractivity contribution is 5.81. The van der Waals surface area contributed by atoms with E-state index in [0.29, 0.717) is 38.9 Å². The number of nitrogen functional groups attached to an aromatic ring is 1. The number of nitrogens with two attached hydrogens (primary N) is 1. The number of esters is 2. The third-order valence-corrected chi connectivity index (χ3v) is 7.63. The van der Waals surface area contributed by atoms with E-state index in [1.807, 2.05) is 41.0 Å². The standard InChI is InChI=1S/C31H46N6O5/c1-5-6-7-15-33-29-25(22(2)34-31(32)35-29)13-9-17-37(20-24-12-8-11-23(18-24)19-28(39)41-3)27(38)21-36-16-10-14-26(36)30(40)42-4/h8,11-12,18,26H,5-7,9-10,13-17,19-21H2,1-4H3,(H3,32,33,34,35)/t26-/m1/s1. The number of likely N-dealkylation sites (tertiary alicyclic amines) is 1. The number of methoxy groups -OCH3 is 2. The summed E-state index contributed by atoms with van der Waals surface area (Å²) in [5.41, 5.74) is 9.52. The summed E-state index contributed by atoms with van der Waals surface area (Å²) in [5, 5.41) is 3.43. The molecule has 3 N–H and O–H groups in total. The third kappa shape index (κ3) is 9.68. The molecule has 0 spiro atoms. The molecule has 1 aliphatic heterocycles. The van der Waals surface area contributed by atoms with E-state index in [9.17, 15) is 14.4 Å². The van der Waals surface area contributed by atoms with Crippen molar-refractivity contribution < 1.29 is 23.9 Å². The second kappa shape index (κ2) is 16.6. The number of nitrogens with zero attached hydrogens (tertiary/aromatic N) is 4. The first-order valence-corrected chi connectivity index (χ1v) is 14.9. The van der Waals surface area contributed by atoms with Gasteiger partial charge in [-0.15, -0.1) is 0 Å². The highest BCUT2D eigenvalue weighted by Gasteiger charge is 2.33. The Bertz CT molecular complexity index is 1210. The molecule has 0 radical (unpaired) electrons. The van der Waals surface area contributed by atoms with Crippen molar-refractivity contribution in [3.05, 3.63) is 46.6 Å². The van der Waals surface area contributed by atoms with Crippen LogP contribution in [-0.2, 0) is 43.2 Å². The van der Waals surface area contributed by atoms with Gasteiger partial charge in [-0.3, -0.25) is 19.3 Å². The van der Waals surface area contributed by atoms with E-state index in [1.165, 1.54) is 14.2 Å². The summed E-state index contributed by atoms with van der Waals surface area (Å²) in [6.07, 6.45) is 6.35. The summed E-state index contributed by atoms with van der Waals surface area (Å²) < 4.78 is 9.79. The Labute approximate surface area is 249 Å². The van der Waals surface area contributed by atoms with Crippen molar-refractivity contribution in [3.63, 3.8) is 0 Å². The predicted molar refractivity (Wildman–Crippen MR) is 162 cm³/mol. The molecule has 1 amide bonds. The lowest BCUT2D eigenvalue weighted by Crippen LogP contribution is -2.45. The van der Waals surface area contributed by atoms with Crippen molar-refractivity contribution in [1.82, 2.24) is 19.8 Å². The molecule has 11 nitrogen and oxygen atoms in total. The number of hydrogen-bond acceptors (Lipinski definition) is 10. The van der Waals surface area contributed by atoms with Gasteiger partial charge in [0.25, 0.3) is 0 Å². The zero-order valence-electron chi connectivity index (χ0n) is 25.5. The van der Waals surface area contributed by atoms with E-state index in [4.69, 9.17) is 15.2 Å². The highest BCUT2D eigenvalue weighted by atomic mass is 16.5. The zero-order valence-corrected chi connectivity index (χ0v) is 25.5. The van der Waals surface area contributed by atoms with E-state index in [-0.39, 0.29) is 36.8 Å². The van der Waals surface area contributed by atoms with Crippen LogP contribution in [0.15, 0.2) is 24.3 Å². The van der Waals surface area contributed by atoms with Gasteiger partial charge in [0.05, 0.1) is 27.2 Å². The maximum absolute atomic E-state index is 13.7. The summed E-state index contributed by atoms with van der Waals surface area (Å²) in [7, 11) is 2.75. The van der Waals surface area contributed by atoms with Crippen molar-refractivity contribution in [2.45, 2.75) is 77.8 Å². The van der Waals surface area contributed by atoms with Gasteiger partial charge in [0, 0.05) is 30.9 Å².